The molecule has 4 N–H and O–H groups in total. The fourth-order valence-electron chi connectivity index (χ4n) is 3.33. The van der Waals surface area contributed by atoms with E-state index in [4.69, 9.17) is 5.73 Å². The molecule has 1 atom stereocenters. The van der Waals surface area contributed by atoms with Gasteiger partial charge in [-0.1, -0.05) is 25.0 Å². The van der Waals surface area contributed by atoms with E-state index in [1.807, 2.05) is 19.1 Å². The molecule has 0 aromatic heterocycles. The third-order valence-corrected chi connectivity index (χ3v) is 4.82. The molecule has 0 spiro atoms. The largest absolute Gasteiger partial charge is 0.348 e. The summed E-state index contributed by atoms with van der Waals surface area (Å²) >= 11 is 0. The molecular weight excluding hydrogens is 278 g/mol. The molecule has 1 heterocycles. The van der Waals surface area contributed by atoms with Crippen LogP contribution in [0.15, 0.2) is 18.2 Å². The van der Waals surface area contributed by atoms with E-state index in [0.29, 0.717) is 6.42 Å². The van der Waals surface area contributed by atoms with Gasteiger partial charge in [-0.15, -0.1) is 0 Å². The van der Waals surface area contributed by atoms with Gasteiger partial charge < -0.3 is 16.4 Å². The molecule has 0 saturated heterocycles. The molecule has 1 aromatic rings. The molecule has 1 aliphatic carbocycles. The van der Waals surface area contributed by atoms with Crippen molar-refractivity contribution >= 4 is 17.5 Å². The van der Waals surface area contributed by atoms with Crippen molar-refractivity contribution in [3.63, 3.8) is 0 Å². The molecule has 1 fully saturated rings. The number of hydrogen-bond acceptors (Lipinski definition) is 3. The molecule has 22 heavy (non-hydrogen) atoms. The van der Waals surface area contributed by atoms with Crippen LogP contribution < -0.4 is 16.4 Å². The molecule has 0 bridgehead atoms. The summed E-state index contributed by atoms with van der Waals surface area (Å²) in [4.78, 5) is 23.8. The van der Waals surface area contributed by atoms with Crippen LogP contribution in [0.5, 0.6) is 0 Å². The Morgan fingerprint density at radius 2 is 2.05 bits per heavy atom. The van der Waals surface area contributed by atoms with Crippen molar-refractivity contribution < 1.29 is 9.59 Å². The Labute approximate surface area is 130 Å². The third kappa shape index (κ3) is 2.86. The molecule has 1 unspecified atom stereocenters. The van der Waals surface area contributed by atoms with E-state index in [9.17, 15) is 9.59 Å². The number of carbonyl (C=O) groups excluding carboxylic acids is 2. The molecule has 1 aromatic carbocycles. The Bertz CT molecular complexity index is 606. The summed E-state index contributed by atoms with van der Waals surface area (Å²) in [7, 11) is 0. The topological polar surface area (TPSA) is 84.2 Å². The molecule has 2 aliphatic rings. The van der Waals surface area contributed by atoms with Gasteiger partial charge in [0.05, 0.1) is 11.6 Å². The summed E-state index contributed by atoms with van der Waals surface area (Å²) in [6.07, 6.45) is 4.84. The quantitative estimate of drug-likeness (QED) is 0.798. The van der Waals surface area contributed by atoms with Crippen molar-refractivity contribution in [2.45, 2.75) is 57.0 Å². The van der Waals surface area contributed by atoms with Crippen LogP contribution >= 0.6 is 0 Å². The average molecular weight is 301 g/mol. The van der Waals surface area contributed by atoms with Gasteiger partial charge in [0.2, 0.25) is 11.8 Å². The van der Waals surface area contributed by atoms with Gasteiger partial charge in [0.1, 0.15) is 0 Å². The summed E-state index contributed by atoms with van der Waals surface area (Å²) in [5.74, 6) is 0.0106. The molecule has 1 aliphatic heterocycles. The lowest BCUT2D eigenvalue weighted by atomic mass is 9.95. The maximum Gasteiger partial charge on any atom is 0.240 e. The normalized spacial score (nSPS) is 20.9. The van der Waals surface area contributed by atoms with Gasteiger partial charge in [-0.2, -0.15) is 0 Å². The van der Waals surface area contributed by atoms with Gasteiger partial charge in [0.15, 0.2) is 0 Å². The summed E-state index contributed by atoms with van der Waals surface area (Å²) in [5.41, 5.74) is 8.55. The number of carbonyl (C=O) groups is 2. The fraction of sp³-hybridized carbons (Fsp3) is 0.529. The number of anilines is 1. The van der Waals surface area contributed by atoms with Crippen LogP contribution in [0.3, 0.4) is 0 Å². The van der Waals surface area contributed by atoms with Gasteiger partial charge in [0.25, 0.3) is 0 Å². The summed E-state index contributed by atoms with van der Waals surface area (Å²) in [6, 6.07) is 5.85. The first-order valence-corrected chi connectivity index (χ1v) is 8.00. The third-order valence-electron chi connectivity index (χ3n) is 4.82. The van der Waals surface area contributed by atoms with Crippen LogP contribution in [0.1, 0.15) is 56.2 Å². The van der Waals surface area contributed by atoms with Crippen molar-refractivity contribution in [2.75, 3.05) is 5.32 Å². The van der Waals surface area contributed by atoms with Crippen LogP contribution in [0, 0.1) is 0 Å². The predicted octanol–water partition coefficient (Wildman–Crippen LogP) is 2.02. The predicted molar refractivity (Wildman–Crippen MR) is 85.3 cm³/mol. The Balaban J connectivity index is 1.71. The number of rotatable bonds is 3. The summed E-state index contributed by atoms with van der Waals surface area (Å²) in [6.45, 7) is 1.97. The number of amides is 2. The van der Waals surface area contributed by atoms with Gasteiger partial charge in [0, 0.05) is 12.1 Å². The van der Waals surface area contributed by atoms with E-state index in [0.717, 1.165) is 48.9 Å². The van der Waals surface area contributed by atoms with Crippen LogP contribution in [-0.2, 0) is 16.0 Å². The van der Waals surface area contributed by atoms with E-state index < -0.39 is 5.54 Å². The van der Waals surface area contributed by atoms with E-state index in [2.05, 4.69) is 16.7 Å². The summed E-state index contributed by atoms with van der Waals surface area (Å²) < 4.78 is 0. The van der Waals surface area contributed by atoms with Crippen molar-refractivity contribution in [1.29, 1.82) is 0 Å². The van der Waals surface area contributed by atoms with Crippen molar-refractivity contribution in [3.8, 4) is 0 Å². The number of fused-ring (bicyclic) bond motifs is 1. The lowest BCUT2D eigenvalue weighted by Crippen LogP contribution is -2.52. The minimum absolute atomic E-state index is 0.0523. The number of nitrogens with one attached hydrogen (secondary N) is 2. The Kier molecular flexibility index (Phi) is 3.91. The maximum atomic E-state index is 12.4. The van der Waals surface area contributed by atoms with Gasteiger partial charge in [-0.3, -0.25) is 9.59 Å². The smallest absolute Gasteiger partial charge is 0.240 e. The fourth-order valence-corrected chi connectivity index (χ4v) is 3.33. The van der Waals surface area contributed by atoms with Crippen LogP contribution in [0.2, 0.25) is 0 Å². The molecular formula is C17H23N3O2. The standard InChI is InChI=1S/C17H23N3O2/c1-11(19-16(22)17(18)8-2-3-9-17)12-4-6-14-13(10-12)5-7-15(21)20-14/h4,6,10-11H,2-3,5,7-9,18H2,1H3,(H,19,22)(H,20,21). The van der Waals surface area contributed by atoms with Crippen molar-refractivity contribution in [1.82, 2.24) is 5.32 Å². The molecule has 0 radical (unpaired) electrons. The second-order valence-corrected chi connectivity index (χ2v) is 6.52. The number of nitrogens with two attached hydrogens (primary N) is 1. The van der Waals surface area contributed by atoms with Gasteiger partial charge >= 0.3 is 0 Å². The molecule has 5 heteroatoms. The zero-order valence-electron chi connectivity index (χ0n) is 12.9. The molecule has 1 saturated carbocycles. The van der Waals surface area contributed by atoms with Crippen LogP contribution in [-0.4, -0.2) is 17.4 Å². The van der Waals surface area contributed by atoms with Crippen LogP contribution in [0.4, 0.5) is 5.69 Å². The van der Waals surface area contributed by atoms with Crippen molar-refractivity contribution in [2.24, 2.45) is 5.73 Å². The number of aryl methyl sites for hydroxylation is 1. The minimum atomic E-state index is -0.698. The minimum Gasteiger partial charge on any atom is -0.348 e. The zero-order valence-corrected chi connectivity index (χ0v) is 12.9. The average Bonchev–Trinajstić information content (AvgIpc) is 2.94. The highest BCUT2D eigenvalue weighted by Gasteiger charge is 2.37. The maximum absolute atomic E-state index is 12.4. The molecule has 3 rings (SSSR count). The van der Waals surface area contributed by atoms with E-state index in [-0.39, 0.29) is 17.9 Å². The highest BCUT2D eigenvalue weighted by molar-refractivity contribution is 5.94. The van der Waals surface area contributed by atoms with E-state index in [1.54, 1.807) is 0 Å². The SMILES string of the molecule is CC(NC(=O)C1(N)CCCC1)c1ccc2c(c1)CCC(=O)N2. The monoisotopic (exact) mass is 301 g/mol. The Hall–Kier alpha value is -1.88. The van der Waals surface area contributed by atoms with E-state index in [1.165, 1.54) is 0 Å². The Morgan fingerprint density at radius 1 is 1.32 bits per heavy atom. The lowest BCUT2D eigenvalue weighted by molar-refractivity contribution is -0.126. The van der Waals surface area contributed by atoms with Crippen LogP contribution in [0.25, 0.3) is 0 Å². The lowest BCUT2D eigenvalue weighted by Gasteiger charge is -2.26. The van der Waals surface area contributed by atoms with Gasteiger partial charge in [-0.25, -0.2) is 0 Å². The summed E-state index contributed by atoms with van der Waals surface area (Å²) in [5, 5.41) is 5.91. The first-order chi connectivity index (χ1) is 10.5. The van der Waals surface area contributed by atoms with Crippen molar-refractivity contribution in [3.05, 3.63) is 29.3 Å². The zero-order chi connectivity index (χ0) is 15.7. The second kappa shape index (κ2) is 5.72. The molecule has 118 valence electrons. The highest BCUT2D eigenvalue weighted by atomic mass is 16.2. The second-order valence-electron chi connectivity index (χ2n) is 6.52. The number of benzene rings is 1. The number of hydrogen-bond donors (Lipinski definition) is 3. The van der Waals surface area contributed by atoms with E-state index >= 15 is 0 Å². The molecule has 5 nitrogen and oxygen atoms in total. The molecule has 2 amide bonds. The first kappa shape index (κ1) is 15.0. The highest BCUT2D eigenvalue weighted by Crippen LogP contribution is 2.29. The Morgan fingerprint density at radius 3 is 2.77 bits per heavy atom. The first-order valence-electron chi connectivity index (χ1n) is 8.00. The van der Waals surface area contributed by atoms with Gasteiger partial charge in [-0.05, 0) is 43.4 Å².